The monoisotopic (exact) mass is 364 g/mol. The Hall–Kier alpha value is -2.52. The second-order valence-electron chi connectivity index (χ2n) is 5.34. The van der Waals surface area contributed by atoms with E-state index in [1.165, 1.54) is 17.6 Å². The van der Waals surface area contributed by atoms with Crippen LogP contribution in [-0.4, -0.2) is 13.1 Å². The van der Waals surface area contributed by atoms with E-state index < -0.39 is 0 Å². The van der Waals surface area contributed by atoms with Crippen LogP contribution in [-0.2, 0) is 4.74 Å². The highest BCUT2D eigenvalue weighted by atomic mass is 32.2. The first-order valence-electron chi connectivity index (χ1n) is 8.73. The number of carbonyl (C=O) groups is 1. The van der Waals surface area contributed by atoms with Gasteiger partial charge in [0.1, 0.15) is 0 Å². The number of benzene rings is 3. The largest absolute Gasteiger partial charge is 0.465 e. The molecule has 0 aliphatic heterocycles. The fourth-order valence-electron chi connectivity index (χ4n) is 2.50. The topological polar surface area (TPSA) is 26.3 Å². The third kappa shape index (κ3) is 5.24. The highest BCUT2D eigenvalue weighted by Crippen LogP contribution is 2.40. The zero-order valence-electron chi connectivity index (χ0n) is 15.4. The van der Waals surface area contributed by atoms with Gasteiger partial charge in [0.05, 0.1) is 17.9 Å². The molecule has 0 aliphatic rings. The summed E-state index contributed by atoms with van der Waals surface area (Å²) in [4.78, 5) is 12.8. The molecule has 0 aromatic heterocycles. The third-order valence-electron chi connectivity index (χ3n) is 3.73. The maximum absolute atomic E-state index is 11.6. The van der Waals surface area contributed by atoms with Gasteiger partial charge in [-0.05, 0) is 35.4 Å². The van der Waals surface area contributed by atoms with Crippen LogP contribution in [0.4, 0.5) is 0 Å². The number of hydrogen-bond acceptors (Lipinski definition) is 3. The van der Waals surface area contributed by atoms with E-state index in [0.717, 1.165) is 5.56 Å². The summed E-state index contributed by atoms with van der Waals surface area (Å²) in [6.07, 6.45) is 0. The first kappa shape index (κ1) is 19.8. The molecule has 0 spiro atoms. The molecule has 0 aliphatic carbocycles. The molecule has 1 unspecified atom stereocenters. The normalized spacial score (nSPS) is 11.0. The summed E-state index contributed by atoms with van der Waals surface area (Å²) in [6, 6.07) is 28.4. The van der Waals surface area contributed by atoms with Crippen molar-refractivity contribution in [1.82, 2.24) is 0 Å². The van der Waals surface area contributed by atoms with Crippen molar-refractivity contribution in [1.29, 1.82) is 0 Å². The van der Waals surface area contributed by atoms with Crippen molar-refractivity contribution in [2.24, 2.45) is 0 Å². The molecule has 0 saturated heterocycles. The first-order valence-corrected chi connectivity index (χ1v) is 9.61. The molecule has 1 atom stereocenters. The molecular weight excluding hydrogens is 340 g/mol. The van der Waals surface area contributed by atoms with Crippen LogP contribution in [0, 0.1) is 0 Å². The predicted octanol–water partition coefficient (Wildman–Crippen LogP) is 6.38. The average Bonchev–Trinajstić information content (AvgIpc) is 2.74. The number of esters is 1. The van der Waals surface area contributed by atoms with Gasteiger partial charge in [-0.1, -0.05) is 74.5 Å². The van der Waals surface area contributed by atoms with Gasteiger partial charge in [-0.15, -0.1) is 11.8 Å². The molecule has 0 N–H and O–H groups in total. The Labute approximate surface area is 160 Å². The first-order chi connectivity index (χ1) is 12.8. The number of rotatable bonds is 5. The van der Waals surface area contributed by atoms with E-state index in [2.05, 4.69) is 36.4 Å². The lowest BCUT2D eigenvalue weighted by atomic mass is 10.0. The minimum Gasteiger partial charge on any atom is -0.465 e. The molecule has 26 heavy (non-hydrogen) atoms. The van der Waals surface area contributed by atoms with Crippen LogP contribution in [0.2, 0.25) is 0 Å². The van der Waals surface area contributed by atoms with E-state index in [0.29, 0.717) is 5.56 Å². The minimum absolute atomic E-state index is 0.167. The molecule has 0 saturated carbocycles. The van der Waals surface area contributed by atoms with Gasteiger partial charge in [-0.3, -0.25) is 0 Å². The van der Waals surface area contributed by atoms with Gasteiger partial charge in [0, 0.05) is 4.90 Å². The quantitative estimate of drug-likeness (QED) is 0.388. The van der Waals surface area contributed by atoms with E-state index in [1.54, 1.807) is 11.8 Å². The van der Waals surface area contributed by atoms with Crippen LogP contribution < -0.4 is 0 Å². The fourth-order valence-corrected chi connectivity index (χ4v) is 3.68. The van der Waals surface area contributed by atoms with E-state index in [1.807, 2.05) is 62.4 Å². The summed E-state index contributed by atoms with van der Waals surface area (Å²) in [7, 11) is 1.40. The Morgan fingerprint density at radius 2 is 1.27 bits per heavy atom. The molecule has 0 amide bonds. The van der Waals surface area contributed by atoms with Gasteiger partial charge in [-0.2, -0.15) is 0 Å². The Kier molecular flexibility index (Phi) is 7.97. The molecule has 2 nitrogen and oxygen atoms in total. The molecule has 3 heteroatoms. The van der Waals surface area contributed by atoms with Crippen molar-refractivity contribution in [3.8, 4) is 0 Å². The van der Waals surface area contributed by atoms with E-state index >= 15 is 0 Å². The van der Waals surface area contributed by atoms with Crippen LogP contribution >= 0.6 is 11.8 Å². The van der Waals surface area contributed by atoms with Crippen molar-refractivity contribution >= 4 is 17.7 Å². The fraction of sp³-hybridized carbons (Fsp3) is 0.174. The van der Waals surface area contributed by atoms with Gasteiger partial charge in [0.25, 0.3) is 0 Å². The Bertz CT molecular complexity index is 783. The maximum Gasteiger partial charge on any atom is 0.337 e. The van der Waals surface area contributed by atoms with Crippen LogP contribution in [0.1, 0.15) is 40.6 Å². The second-order valence-corrected chi connectivity index (χ2v) is 6.51. The zero-order valence-corrected chi connectivity index (χ0v) is 16.2. The number of methoxy groups -OCH3 is 1. The predicted molar refractivity (Wildman–Crippen MR) is 110 cm³/mol. The average molecular weight is 365 g/mol. The molecule has 0 radical (unpaired) electrons. The van der Waals surface area contributed by atoms with Crippen LogP contribution in [0.15, 0.2) is 89.8 Å². The van der Waals surface area contributed by atoms with Crippen molar-refractivity contribution in [3.05, 3.63) is 102 Å². The molecular formula is C23H24O2S. The third-order valence-corrected chi connectivity index (χ3v) is 5.06. The summed E-state index contributed by atoms with van der Waals surface area (Å²) >= 11 is 1.80. The number of hydrogen-bond donors (Lipinski definition) is 0. The van der Waals surface area contributed by atoms with Gasteiger partial charge >= 0.3 is 5.97 Å². The lowest BCUT2D eigenvalue weighted by Gasteiger charge is -2.18. The smallest absolute Gasteiger partial charge is 0.337 e. The van der Waals surface area contributed by atoms with Gasteiger partial charge in [0.2, 0.25) is 0 Å². The molecule has 0 bridgehead atoms. The second kappa shape index (κ2) is 10.5. The summed E-state index contributed by atoms with van der Waals surface area (Å²) in [5.41, 5.74) is 2.96. The van der Waals surface area contributed by atoms with Gasteiger partial charge in [-0.25, -0.2) is 4.79 Å². The Morgan fingerprint density at radius 3 is 1.81 bits per heavy atom. The lowest BCUT2D eigenvalue weighted by molar-refractivity contribution is 0.0600. The minimum atomic E-state index is -0.312. The van der Waals surface area contributed by atoms with Crippen LogP contribution in [0.3, 0.4) is 0 Å². The summed E-state index contributed by atoms with van der Waals surface area (Å²) in [5, 5.41) is 0.167. The summed E-state index contributed by atoms with van der Waals surface area (Å²) < 4.78 is 4.77. The SMILES string of the molecule is CC.COC(=O)c1ccc(C(Sc2ccccc2)c2ccccc2)cc1. The number of ether oxygens (including phenoxy) is 1. The van der Waals surface area contributed by atoms with Crippen molar-refractivity contribution < 1.29 is 9.53 Å². The lowest BCUT2D eigenvalue weighted by Crippen LogP contribution is -2.02. The van der Waals surface area contributed by atoms with E-state index in [9.17, 15) is 4.79 Å². The summed E-state index contributed by atoms with van der Waals surface area (Å²) in [6.45, 7) is 4.00. The van der Waals surface area contributed by atoms with Gasteiger partial charge in [0.15, 0.2) is 0 Å². The molecule has 0 fully saturated rings. The Morgan fingerprint density at radius 1 is 0.769 bits per heavy atom. The highest BCUT2D eigenvalue weighted by molar-refractivity contribution is 7.99. The highest BCUT2D eigenvalue weighted by Gasteiger charge is 2.16. The van der Waals surface area contributed by atoms with E-state index in [-0.39, 0.29) is 11.2 Å². The van der Waals surface area contributed by atoms with E-state index in [4.69, 9.17) is 4.74 Å². The van der Waals surface area contributed by atoms with Crippen LogP contribution in [0.5, 0.6) is 0 Å². The summed E-state index contributed by atoms with van der Waals surface area (Å²) in [5.74, 6) is -0.312. The van der Waals surface area contributed by atoms with Gasteiger partial charge < -0.3 is 4.74 Å². The standard InChI is InChI=1S/C21H18O2S.C2H6/c1-23-21(22)18-14-12-17(13-15-18)20(16-8-4-2-5-9-16)24-19-10-6-3-7-11-19;1-2/h2-15,20H,1H3;1-2H3. The maximum atomic E-state index is 11.6. The van der Waals surface area contributed by atoms with Crippen molar-refractivity contribution in [3.63, 3.8) is 0 Å². The Balaban J connectivity index is 0.00000117. The zero-order chi connectivity index (χ0) is 18.8. The number of carbonyl (C=O) groups excluding carboxylic acids is 1. The number of thioether (sulfide) groups is 1. The molecule has 3 aromatic carbocycles. The molecule has 3 aromatic rings. The molecule has 3 rings (SSSR count). The molecule has 0 heterocycles. The molecule has 134 valence electrons. The van der Waals surface area contributed by atoms with Crippen molar-refractivity contribution in [2.75, 3.05) is 7.11 Å². The van der Waals surface area contributed by atoms with Crippen LogP contribution in [0.25, 0.3) is 0 Å². The van der Waals surface area contributed by atoms with Crippen molar-refractivity contribution in [2.45, 2.75) is 24.0 Å².